The summed E-state index contributed by atoms with van der Waals surface area (Å²) in [5.74, 6) is 0.546. The number of anilines is 2. The highest BCUT2D eigenvalue weighted by Gasteiger charge is 2.18. The number of carbonyl (C=O) groups excluding carboxylic acids is 1. The summed E-state index contributed by atoms with van der Waals surface area (Å²) in [7, 11) is 0. The topological polar surface area (TPSA) is 90.1 Å². The summed E-state index contributed by atoms with van der Waals surface area (Å²) in [5, 5.41) is 6.07. The lowest BCUT2D eigenvalue weighted by Crippen LogP contribution is -2.11. The Kier molecular flexibility index (Phi) is 4.97. The zero-order valence-electron chi connectivity index (χ0n) is 15.4. The van der Waals surface area contributed by atoms with Gasteiger partial charge in [-0.15, -0.1) is 22.7 Å². The van der Waals surface area contributed by atoms with E-state index in [1.807, 2.05) is 55.6 Å². The number of hydrogen-bond acceptors (Lipinski definition) is 7. The lowest BCUT2D eigenvalue weighted by Gasteiger charge is -2.03. The van der Waals surface area contributed by atoms with Crippen molar-refractivity contribution in [3.8, 4) is 17.0 Å². The number of rotatable bonds is 5. The van der Waals surface area contributed by atoms with Crippen LogP contribution in [0.2, 0.25) is 0 Å². The second-order valence-corrected chi connectivity index (χ2v) is 7.96. The number of hydrogen-bond donors (Lipinski definition) is 2. The summed E-state index contributed by atoms with van der Waals surface area (Å²) in [6, 6.07) is 11.5. The predicted molar refractivity (Wildman–Crippen MR) is 115 cm³/mol. The standard InChI is InChI=1S/C20H18N4O2S2/c1-3-26-13-7-5-12(6-8-13)15-10-27-20(23-15)24-18(25)17-16(21)14-9-4-11(2)22-19(14)28-17/h4-10H,3,21H2,1-2H3,(H,23,24,25). The molecule has 4 rings (SSSR count). The normalized spacial score (nSPS) is 10.9. The van der Waals surface area contributed by atoms with Gasteiger partial charge in [-0.3, -0.25) is 10.1 Å². The Balaban J connectivity index is 1.54. The van der Waals surface area contributed by atoms with Gasteiger partial charge in [0.2, 0.25) is 0 Å². The van der Waals surface area contributed by atoms with E-state index < -0.39 is 0 Å². The molecule has 8 heteroatoms. The summed E-state index contributed by atoms with van der Waals surface area (Å²) >= 11 is 2.66. The minimum Gasteiger partial charge on any atom is -0.494 e. The first-order valence-electron chi connectivity index (χ1n) is 8.71. The van der Waals surface area contributed by atoms with Crippen LogP contribution >= 0.6 is 22.7 Å². The predicted octanol–water partition coefficient (Wildman–Crippen LogP) is 4.96. The van der Waals surface area contributed by atoms with Crippen LogP contribution in [0.3, 0.4) is 0 Å². The highest BCUT2D eigenvalue weighted by molar-refractivity contribution is 7.21. The second kappa shape index (κ2) is 7.57. The van der Waals surface area contributed by atoms with Gasteiger partial charge in [-0.25, -0.2) is 9.97 Å². The third-order valence-corrected chi connectivity index (χ3v) is 6.00. The number of thiazole rings is 1. The molecule has 142 valence electrons. The molecule has 0 saturated heterocycles. The molecule has 3 aromatic heterocycles. The number of nitrogens with two attached hydrogens (primary N) is 1. The Morgan fingerprint density at radius 2 is 1.96 bits per heavy atom. The van der Waals surface area contributed by atoms with Crippen LogP contribution in [-0.2, 0) is 0 Å². The van der Waals surface area contributed by atoms with Crippen molar-refractivity contribution in [1.82, 2.24) is 9.97 Å². The van der Waals surface area contributed by atoms with E-state index in [-0.39, 0.29) is 5.91 Å². The molecule has 3 heterocycles. The zero-order chi connectivity index (χ0) is 19.7. The largest absolute Gasteiger partial charge is 0.494 e. The number of amides is 1. The average Bonchev–Trinajstić information content (AvgIpc) is 3.27. The maximum Gasteiger partial charge on any atom is 0.269 e. The van der Waals surface area contributed by atoms with Crippen molar-refractivity contribution in [2.24, 2.45) is 0 Å². The van der Waals surface area contributed by atoms with Gasteiger partial charge in [-0.05, 0) is 50.2 Å². The summed E-state index contributed by atoms with van der Waals surface area (Å²) in [6.07, 6.45) is 0. The molecule has 28 heavy (non-hydrogen) atoms. The first kappa shape index (κ1) is 18.4. The van der Waals surface area contributed by atoms with E-state index in [2.05, 4.69) is 15.3 Å². The lowest BCUT2D eigenvalue weighted by atomic mass is 10.2. The quantitative estimate of drug-likeness (QED) is 0.485. The SMILES string of the molecule is CCOc1ccc(-c2csc(NC(=O)c3sc4nc(C)ccc4c3N)n2)cc1. The number of nitrogens with one attached hydrogen (secondary N) is 1. The molecule has 1 amide bonds. The number of thiophene rings is 1. The first-order chi connectivity index (χ1) is 13.5. The van der Waals surface area contributed by atoms with Crippen molar-refractivity contribution in [2.45, 2.75) is 13.8 Å². The Labute approximate surface area is 170 Å². The molecule has 1 aromatic carbocycles. The highest BCUT2D eigenvalue weighted by atomic mass is 32.1. The van der Waals surface area contributed by atoms with Crippen LogP contribution in [0.4, 0.5) is 10.8 Å². The van der Waals surface area contributed by atoms with Crippen molar-refractivity contribution < 1.29 is 9.53 Å². The van der Waals surface area contributed by atoms with Crippen LogP contribution in [0, 0.1) is 6.92 Å². The minimum atomic E-state index is -0.272. The first-order valence-corrected chi connectivity index (χ1v) is 10.4. The third-order valence-electron chi connectivity index (χ3n) is 4.13. The molecule has 0 aliphatic heterocycles. The number of benzene rings is 1. The van der Waals surface area contributed by atoms with E-state index in [1.165, 1.54) is 22.7 Å². The van der Waals surface area contributed by atoms with Crippen molar-refractivity contribution in [2.75, 3.05) is 17.7 Å². The molecule has 0 radical (unpaired) electrons. The van der Waals surface area contributed by atoms with Crippen LogP contribution < -0.4 is 15.8 Å². The summed E-state index contributed by atoms with van der Waals surface area (Å²) in [6.45, 7) is 4.49. The van der Waals surface area contributed by atoms with E-state index in [1.54, 1.807) is 0 Å². The van der Waals surface area contributed by atoms with Crippen LogP contribution in [0.25, 0.3) is 21.5 Å². The number of nitrogens with zero attached hydrogens (tertiary/aromatic N) is 2. The van der Waals surface area contributed by atoms with Gasteiger partial charge in [0, 0.05) is 22.0 Å². The molecule has 0 unspecified atom stereocenters. The fourth-order valence-electron chi connectivity index (χ4n) is 2.76. The van der Waals surface area contributed by atoms with E-state index in [9.17, 15) is 4.79 Å². The molecule has 0 atom stereocenters. The molecule has 4 aromatic rings. The fraction of sp³-hybridized carbons (Fsp3) is 0.150. The van der Waals surface area contributed by atoms with Gasteiger partial charge in [0.1, 0.15) is 15.5 Å². The second-order valence-electron chi connectivity index (χ2n) is 6.10. The Morgan fingerprint density at radius 3 is 2.71 bits per heavy atom. The van der Waals surface area contributed by atoms with Crippen LogP contribution in [-0.4, -0.2) is 22.5 Å². The van der Waals surface area contributed by atoms with Crippen LogP contribution in [0.15, 0.2) is 41.8 Å². The third kappa shape index (κ3) is 3.56. The van der Waals surface area contributed by atoms with Gasteiger partial charge in [-0.1, -0.05) is 0 Å². The summed E-state index contributed by atoms with van der Waals surface area (Å²) in [4.78, 5) is 22.9. The fourth-order valence-corrected chi connectivity index (χ4v) is 4.51. The van der Waals surface area contributed by atoms with E-state index >= 15 is 0 Å². The molecular formula is C20H18N4O2S2. The number of aryl methyl sites for hydroxylation is 1. The maximum atomic E-state index is 12.7. The van der Waals surface area contributed by atoms with Crippen molar-refractivity contribution >= 4 is 49.6 Å². The number of ether oxygens (including phenoxy) is 1. The number of pyridine rings is 1. The number of aromatic nitrogens is 2. The van der Waals surface area contributed by atoms with E-state index in [4.69, 9.17) is 10.5 Å². The Bertz CT molecular complexity index is 1150. The van der Waals surface area contributed by atoms with Crippen molar-refractivity contribution in [3.05, 3.63) is 52.3 Å². The van der Waals surface area contributed by atoms with Crippen molar-refractivity contribution in [3.63, 3.8) is 0 Å². The lowest BCUT2D eigenvalue weighted by molar-refractivity contribution is 0.103. The monoisotopic (exact) mass is 410 g/mol. The van der Waals surface area contributed by atoms with Gasteiger partial charge in [0.15, 0.2) is 5.13 Å². The van der Waals surface area contributed by atoms with Crippen LogP contribution in [0.5, 0.6) is 5.75 Å². The maximum absolute atomic E-state index is 12.7. The van der Waals surface area contributed by atoms with Gasteiger partial charge in [0.25, 0.3) is 5.91 Å². The number of nitrogen functional groups attached to an aromatic ring is 1. The molecule has 3 N–H and O–H groups in total. The van der Waals surface area contributed by atoms with Gasteiger partial charge >= 0.3 is 0 Å². The molecule has 0 bridgehead atoms. The van der Waals surface area contributed by atoms with E-state index in [0.29, 0.717) is 22.3 Å². The summed E-state index contributed by atoms with van der Waals surface area (Å²) < 4.78 is 5.46. The van der Waals surface area contributed by atoms with Gasteiger partial charge in [-0.2, -0.15) is 0 Å². The van der Waals surface area contributed by atoms with Crippen LogP contribution in [0.1, 0.15) is 22.3 Å². The Morgan fingerprint density at radius 1 is 1.18 bits per heavy atom. The van der Waals surface area contributed by atoms with Crippen molar-refractivity contribution in [1.29, 1.82) is 0 Å². The van der Waals surface area contributed by atoms with Gasteiger partial charge in [0.05, 0.1) is 18.0 Å². The Hall–Kier alpha value is -2.97. The molecule has 0 aliphatic rings. The minimum absolute atomic E-state index is 0.272. The van der Waals surface area contributed by atoms with E-state index in [0.717, 1.165) is 32.9 Å². The molecule has 6 nitrogen and oxygen atoms in total. The highest BCUT2D eigenvalue weighted by Crippen LogP contribution is 2.33. The number of carbonyl (C=O) groups is 1. The molecule has 0 aliphatic carbocycles. The zero-order valence-corrected chi connectivity index (χ0v) is 17.0. The summed E-state index contributed by atoms with van der Waals surface area (Å²) in [5.41, 5.74) is 9.26. The molecule has 0 saturated carbocycles. The molecule has 0 fully saturated rings. The van der Waals surface area contributed by atoms with Gasteiger partial charge < -0.3 is 10.5 Å². The number of fused-ring (bicyclic) bond motifs is 1. The molecule has 0 spiro atoms. The average molecular weight is 411 g/mol. The molecular weight excluding hydrogens is 392 g/mol. The smallest absolute Gasteiger partial charge is 0.269 e.